The van der Waals surface area contributed by atoms with Crippen LogP contribution in [-0.2, 0) is 24.3 Å². The fraction of sp³-hybridized carbons (Fsp3) is 0.400. The van der Waals surface area contributed by atoms with Crippen molar-refractivity contribution in [1.29, 1.82) is 0 Å². The number of hydrogen-bond donors (Lipinski definition) is 1. The number of rotatable bonds is 4. The van der Waals surface area contributed by atoms with Gasteiger partial charge in [0.15, 0.2) is 0 Å². The van der Waals surface area contributed by atoms with Crippen LogP contribution >= 0.6 is 0 Å². The highest BCUT2D eigenvalue weighted by molar-refractivity contribution is 5.63. The summed E-state index contributed by atoms with van der Waals surface area (Å²) in [4.78, 5) is 7.43. The minimum Gasteiger partial charge on any atom is -0.392 e. The Morgan fingerprint density at radius 3 is 2.63 bits per heavy atom. The van der Waals surface area contributed by atoms with Crippen LogP contribution in [0.25, 0.3) is 11.3 Å². The number of ether oxygens (including phenoxy) is 1. The number of imidazole rings is 1. The molecule has 2 aromatic carbocycles. The predicted octanol–water partition coefficient (Wildman–Crippen LogP) is 3.80. The molecule has 0 saturated carbocycles. The third-order valence-electron chi connectivity index (χ3n) is 6.46. The van der Waals surface area contributed by atoms with E-state index in [0.29, 0.717) is 0 Å². The molecular weight excluding hydrogens is 374 g/mol. The van der Waals surface area contributed by atoms with Crippen molar-refractivity contribution in [2.24, 2.45) is 0 Å². The second-order valence-corrected chi connectivity index (χ2v) is 8.46. The van der Waals surface area contributed by atoms with E-state index in [1.54, 1.807) is 0 Å². The average Bonchev–Trinajstić information content (AvgIpc) is 3.15. The van der Waals surface area contributed by atoms with Crippen molar-refractivity contribution >= 4 is 0 Å². The Morgan fingerprint density at radius 2 is 1.80 bits per heavy atom. The number of piperidine rings is 1. The van der Waals surface area contributed by atoms with Crippen LogP contribution < -0.4 is 0 Å². The summed E-state index contributed by atoms with van der Waals surface area (Å²) < 4.78 is 9.01. The van der Waals surface area contributed by atoms with E-state index in [-0.39, 0.29) is 18.8 Å². The van der Waals surface area contributed by atoms with Crippen molar-refractivity contribution in [2.75, 3.05) is 20.1 Å². The van der Waals surface area contributed by atoms with Crippen LogP contribution in [-0.4, -0.2) is 45.8 Å². The summed E-state index contributed by atoms with van der Waals surface area (Å²) >= 11 is 0. The molecule has 0 bridgehead atoms. The summed E-state index contributed by atoms with van der Waals surface area (Å²) in [5.41, 5.74) is 5.39. The predicted molar refractivity (Wildman–Crippen MR) is 117 cm³/mol. The third-order valence-corrected chi connectivity index (χ3v) is 6.46. The molecule has 5 heteroatoms. The molecule has 5 nitrogen and oxygen atoms in total. The fourth-order valence-corrected chi connectivity index (χ4v) is 4.70. The zero-order valence-electron chi connectivity index (χ0n) is 17.5. The van der Waals surface area contributed by atoms with Crippen LogP contribution in [0.1, 0.15) is 41.5 Å². The van der Waals surface area contributed by atoms with E-state index in [1.807, 2.05) is 24.3 Å². The molecule has 3 heterocycles. The van der Waals surface area contributed by atoms with Gasteiger partial charge < -0.3 is 19.3 Å². The number of aliphatic hydroxyl groups is 1. The molecule has 0 spiro atoms. The van der Waals surface area contributed by atoms with Gasteiger partial charge in [-0.25, -0.2) is 4.98 Å². The maximum Gasteiger partial charge on any atom is 0.143 e. The number of aromatic nitrogens is 2. The molecule has 2 aliphatic rings. The Balaban J connectivity index is 1.55. The highest BCUT2D eigenvalue weighted by Crippen LogP contribution is 2.36. The summed E-state index contributed by atoms with van der Waals surface area (Å²) in [5.74, 6) is 0.974. The van der Waals surface area contributed by atoms with E-state index in [4.69, 9.17) is 9.72 Å². The third kappa shape index (κ3) is 3.69. The number of benzene rings is 2. The van der Waals surface area contributed by atoms with Crippen molar-refractivity contribution in [2.45, 2.75) is 44.6 Å². The van der Waals surface area contributed by atoms with Crippen LogP contribution in [0.3, 0.4) is 0 Å². The van der Waals surface area contributed by atoms with E-state index >= 15 is 0 Å². The molecule has 1 unspecified atom stereocenters. The number of likely N-dealkylation sites (tertiary alicyclic amines) is 1. The molecule has 30 heavy (non-hydrogen) atoms. The number of nitrogens with zero attached hydrogens (tertiary/aromatic N) is 3. The maximum atomic E-state index is 9.78. The molecule has 0 aliphatic carbocycles. The standard InChI is InChI=1S/C25H29N3O2/c1-27-13-11-20(12-14-27)30-24-22-9-5-2-6-18(22)10-15-28-16-23(26-25(24)28)21-8-4-3-7-19(21)17-29/h2-9,16,20,24,29H,10-15,17H2,1H3. The Kier molecular flexibility index (Phi) is 5.42. The summed E-state index contributed by atoms with van der Waals surface area (Å²) in [6.07, 6.45) is 5.28. The van der Waals surface area contributed by atoms with Gasteiger partial charge in [0.05, 0.1) is 18.4 Å². The molecule has 0 amide bonds. The van der Waals surface area contributed by atoms with Crippen LogP contribution in [0.5, 0.6) is 0 Å². The van der Waals surface area contributed by atoms with E-state index in [1.165, 1.54) is 11.1 Å². The van der Waals surface area contributed by atoms with Gasteiger partial charge >= 0.3 is 0 Å². The lowest BCUT2D eigenvalue weighted by atomic mass is 9.99. The lowest BCUT2D eigenvalue weighted by Gasteiger charge is -2.32. The second kappa shape index (κ2) is 8.34. The molecule has 0 radical (unpaired) electrons. The average molecular weight is 404 g/mol. The first-order valence-electron chi connectivity index (χ1n) is 10.9. The van der Waals surface area contributed by atoms with E-state index in [2.05, 4.69) is 47.0 Å². The molecular formula is C25H29N3O2. The number of fused-ring (bicyclic) bond motifs is 2. The van der Waals surface area contributed by atoms with Crippen molar-refractivity contribution in [3.63, 3.8) is 0 Å². The van der Waals surface area contributed by atoms with Gasteiger partial charge in [-0.15, -0.1) is 0 Å². The highest BCUT2D eigenvalue weighted by Gasteiger charge is 2.30. The molecule has 2 aliphatic heterocycles. The fourth-order valence-electron chi connectivity index (χ4n) is 4.70. The smallest absolute Gasteiger partial charge is 0.143 e. The molecule has 5 rings (SSSR count). The zero-order valence-corrected chi connectivity index (χ0v) is 17.5. The highest BCUT2D eigenvalue weighted by atomic mass is 16.5. The summed E-state index contributed by atoms with van der Waals surface area (Å²) in [7, 11) is 2.18. The minimum absolute atomic E-state index is 0.0106. The summed E-state index contributed by atoms with van der Waals surface area (Å²) in [5, 5.41) is 9.78. The lowest BCUT2D eigenvalue weighted by Crippen LogP contribution is -2.35. The quantitative estimate of drug-likeness (QED) is 0.720. The van der Waals surface area contributed by atoms with Gasteiger partial charge in [-0.3, -0.25) is 0 Å². The van der Waals surface area contributed by atoms with Crippen molar-refractivity contribution < 1.29 is 9.84 Å². The van der Waals surface area contributed by atoms with Gasteiger partial charge in [-0.1, -0.05) is 48.5 Å². The van der Waals surface area contributed by atoms with Gasteiger partial charge in [-0.05, 0) is 43.0 Å². The van der Waals surface area contributed by atoms with Crippen molar-refractivity contribution in [3.8, 4) is 11.3 Å². The van der Waals surface area contributed by atoms with Crippen molar-refractivity contribution in [1.82, 2.24) is 14.5 Å². The Hall–Kier alpha value is -2.47. The van der Waals surface area contributed by atoms with Gasteiger partial charge in [-0.2, -0.15) is 0 Å². The van der Waals surface area contributed by atoms with Crippen LogP contribution in [0.2, 0.25) is 0 Å². The number of hydrogen-bond acceptors (Lipinski definition) is 4. The van der Waals surface area contributed by atoms with E-state index in [0.717, 1.165) is 61.5 Å². The topological polar surface area (TPSA) is 50.5 Å². The van der Waals surface area contributed by atoms with Gasteiger partial charge in [0.2, 0.25) is 0 Å². The summed E-state index contributed by atoms with van der Waals surface area (Å²) in [6.45, 7) is 3.04. The zero-order chi connectivity index (χ0) is 20.5. The molecule has 1 fully saturated rings. The Labute approximate surface area is 177 Å². The SMILES string of the molecule is CN1CCC(OC2c3ccccc3CCn3cc(-c4ccccc4CO)nc32)CC1. The van der Waals surface area contributed by atoms with E-state index in [9.17, 15) is 5.11 Å². The number of aryl methyl sites for hydroxylation is 2. The molecule has 1 atom stereocenters. The minimum atomic E-state index is -0.160. The maximum absolute atomic E-state index is 9.78. The first kappa shape index (κ1) is 19.5. The first-order chi connectivity index (χ1) is 14.7. The van der Waals surface area contributed by atoms with Crippen molar-refractivity contribution in [3.05, 3.63) is 77.2 Å². The molecule has 1 saturated heterocycles. The van der Waals surface area contributed by atoms with Crippen LogP contribution in [0.15, 0.2) is 54.7 Å². The molecule has 1 aromatic heterocycles. The van der Waals surface area contributed by atoms with Crippen LogP contribution in [0, 0.1) is 0 Å². The van der Waals surface area contributed by atoms with Gasteiger partial charge in [0, 0.05) is 31.4 Å². The van der Waals surface area contributed by atoms with E-state index < -0.39 is 0 Å². The lowest BCUT2D eigenvalue weighted by molar-refractivity contribution is -0.0275. The normalized spacial score (nSPS) is 19.9. The molecule has 3 aromatic rings. The monoisotopic (exact) mass is 403 g/mol. The number of aliphatic hydroxyl groups excluding tert-OH is 1. The molecule has 1 N–H and O–H groups in total. The first-order valence-corrected chi connectivity index (χ1v) is 10.9. The Bertz CT molecular complexity index is 1020. The van der Waals surface area contributed by atoms with Gasteiger partial charge in [0.25, 0.3) is 0 Å². The molecule has 156 valence electrons. The summed E-state index contributed by atoms with van der Waals surface area (Å²) in [6, 6.07) is 16.6. The van der Waals surface area contributed by atoms with Gasteiger partial charge in [0.1, 0.15) is 11.9 Å². The largest absolute Gasteiger partial charge is 0.392 e. The van der Waals surface area contributed by atoms with Crippen LogP contribution in [0.4, 0.5) is 0 Å². The Morgan fingerprint density at radius 1 is 1.03 bits per heavy atom. The second-order valence-electron chi connectivity index (χ2n) is 8.46.